The van der Waals surface area contributed by atoms with Crippen LogP contribution >= 0.6 is 0 Å². The highest BCUT2D eigenvalue weighted by Gasteiger charge is 2.04. The van der Waals surface area contributed by atoms with Crippen LogP contribution in [-0.2, 0) is 18.0 Å². The van der Waals surface area contributed by atoms with E-state index in [1.165, 1.54) is 38.9 Å². The van der Waals surface area contributed by atoms with Crippen LogP contribution < -0.4 is 0 Å². The zero-order valence-electron chi connectivity index (χ0n) is 16.1. The Morgan fingerprint density at radius 3 is 1.71 bits per heavy atom. The monoisotopic (exact) mass is 364 g/mol. The van der Waals surface area contributed by atoms with Crippen molar-refractivity contribution in [3.8, 4) is 22.3 Å². The van der Waals surface area contributed by atoms with Gasteiger partial charge in [-0.25, -0.2) is 0 Å². The lowest BCUT2D eigenvalue weighted by Crippen LogP contribution is -1.97. The molecular weight excluding hydrogens is 340 g/mol. The molecular formula is C27H24O. The molecule has 0 N–H and O–H groups in total. The van der Waals surface area contributed by atoms with Crippen LogP contribution in [0, 0.1) is 6.92 Å². The maximum atomic E-state index is 6.02. The Hall–Kier alpha value is -3.16. The van der Waals surface area contributed by atoms with Crippen molar-refractivity contribution < 1.29 is 4.74 Å². The number of ether oxygens (including phenoxy) is 1. The summed E-state index contributed by atoms with van der Waals surface area (Å²) in [7, 11) is 0. The SMILES string of the molecule is Cc1ccc(-c2ccccc2)cc1COCc1ccc(-c2ccccc2)cc1. The predicted molar refractivity (Wildman–Crippen MR) is 117 cm³/mol. The fourth-order valence-corrected chi connectivity index (χ4v) is 3.34. The number of hydrogen-bond acceptors (Lipinski definition) is 1. The molecule has 0 saturated carbocycles. The molecule has 4 aromatic rings. The molecule has 0 atom stereocenters. The third-order valence-electron chi connectivity index (χ3n) is 5.04. The van der Waals surface area contributed by atoms with Gasteiger partial charge < -0.3 is 4.74 Å². The summed E-state index contributed by atoms with van der Waals surface area (Å²) in [5.74, 6) is 0. The third-order valence-corrected chi connectivity index (χ3v) is 5.04. The third kappa shape index (κ3) is 4.39. The predicted octanol–water partition coefficient (Wildman–Crippen LogP) is 7.05. The zero-order chi connectivity index (χ0) is 19.2. The standard InChI is InChI=1S/C27H24O/c1-21-12-15-26(24-10-6-3-7-11-24)18-27(21)20-28-19-22-13-16-25(17-14-22)23-8-4-2-5-9-23/h2-18H,19-20H2,1H3. The maximum absolute atomic E-state index is 6.02. The fraction of sp³-hybridized carbons (Fsp3) is 0.111. The van der Waals surface area contributed by atoms with E-state index in [0.717, 1.165) is 0 Å². The van der Waals surface area contributed by atoms with Gasteiger partial charge in [-0.3, -0.25) is 0 Å². The van der Waals surface area contributed by atoms with Crippen LogP contribution in [0.2, 0.25) is 0 Å². The summed E-state index contributed by atoms with van der Waals surface area (Å²) in [4.78, 5) is 0. The Bertz CT molecular complexity index is 1020. The van der Waals surface area contributed by atoms with Gasteiger partial charge in [-0.2, -0.15) is 0 Å². The Balaban J connectivity index is 1.40. The van der Waals surface area contributed by atoms with Gasteiger partial charge in [0.1, 0.15) is 0 Å². The fourth-order valence-electron chi connectivity index (χ4n) is 3.34. The zero-order valence-corrected chi connectivity index (χ0v) is 16.1. The van der Waals surface area contributed by atoms with E-state index in [9.17, 15) is 0 Å². The van der Waals surface area contributed by atoms with Crippen molar-refractivity contribution in [2.24, 2.45) is 0 Å². The Morgan fingerprint density at radius 2 is 1.07 bits per heavy atom. The molecule has 0 heterocycles. The molecule has 28 heavy (non-hydrogen) atoms. The minimum atomic E-state index is 0.615. The van der Waals surface area contributed by atoms with Gasteiger partial charge in [0.15, 0.2) is 0 Å². The number of rotatable bonds is 6. The quantitative estimate of drug-likeness (QED) is 0.356. The van der Waals surface area contributed by atoms with Gasteiger partial charge in [0.05, 0.1) is 13.2 Å². The second-order valence-corrected chi connectivity index (χ2v) is 7.06. The van der Waals surface area contributed by atoms with Crippen molar-refractivity contribution in [3.05, 3.63) is 120 Å². The molecule has 4 rings (SSSR count). The number of hydrogen-bond donors (Lipinski definition) is 0. The highest BCUT2D eigenvalue weighted by atomic mass is 16.5. The summed E-state index contributed by atoms with van der Waals surface area (Å²) in [6.45, 7) is 3.37. The van der Waals surface area contributed by atoms with Crippen LogP contribution in [0.3, 0.4) is 0 Å². The first-order valence-electron chi connectivity index (χ1n) is 9.67. The molecule has 0 aliphatic heterocycles. The molecule has 0 unspecified atom stereocenters. The van der Waals surface area contributed by atoms with Crippen molar-refractivity contribution in [3.63, 3.8) is 0 Å². The van der Waals surface area contributed by atoms with E-state index in [1.54, 1.807) is 0 Å². The van der Waals surface area contributed by atoms with Crippen LogP contribution in [0.15, 0.2) is 103 Å². The second kappa shape index (κ2) is 8.69. The molecule has 0 saturated heterocycles. The maximum Gasteiger partial charge on any atom is 0.0724 e. The molecule has 1 heteroatoms. The van der Waals surface area contributed by atoms with Crippen LogP contribution in [0.5, 0.6) is 0 Å². The summed E-state index contributed by atoms with van der Waals surface area (Å²) in [6, 6.07) is 36.1. The van der Waals surface area contributed by atoms with Gasteiger partial charge in [-0.1, -0.05) is 97.1 Å². The normalized spacial score (nSPS) is 10.8. The summed E-state index contributed by atoms with van der Waals surface area (Å²) in [5, 5.41) is 0. The smallest absolute Gasteiger partial charge is 0.0724 e. The van der Waals surface area contributed by atoms with Crippen molar-refractivity contribution >= 4 is 0 Å². The van der Waals surface area contributed by atoms with Gasteiger partial charge in [-0.15, -0.1) is 0 Å². The molecule has 4 aromatic carbocycles. The van der Waals surface area contributed by atoms with Gasteiger partial charge in [0.25, 0.3) is 0 Å². The molecule has 0 aromatic heterocycles. The Labute approximate surface area is 167 Å². The van der Waals surface area contributed by atoms with Gasteiger partial charge >= 0.3 is 0 Å². The lowest BCUT2D eigenvalue weighted by Gasteiger charge is -2.11. The minimum absolute atomic E-state index is 0.615. The first kappa shape index (κ1) is 18.2. The van der Waals surface area contributed by atoms with E-state index < -0.39 is 0 Å². The molecule has 0 spiro atoms. The van der Waals surface area contributed by atoms with Crippen molar-refractivity contribution in [1.29, 1.82) is 0 Å². The highest BCUT2D eigenvalue weighted by molar-refractivity contribution is 5.65. The van der Waals surface area contributed by atoms with E-state index in [2.05, 4.69) is 97.9 Å². The summed E-state index contributed by atoms with van der Waals surface area (Å²) in [6.07, 6.45) is 0. The Morgan fingerprint density at radius 1 is 0.536 bits per heavy atom. The Kier molecular flexibility index (Phi) is 5.65. The molecule has 0 radical (unpaired) electrons. The van der Waals surface area contributed by atoms with Crippen LogP contribution in [0.4, 0.5) is 0 Å². The van der Waals surface area contributed by atoms with Crippen molar-refractivity contribution in [1.82, 2.24) is 0 Å². The molecule has 0 aliphatic rings. The van der Waals surface area contributed by atoms with E-state index in [-0.39, 0.29) is 0 Å². The summed E-state index contributed by atoms with van der Waals surface area (Å²) in [5.41, 5.74) is 8.63. The lowest BCUT2D eigenvalue weighted by molar-refractivity contribution is 0.107. The number of aryl methyl sites for hydroxylation is 1. The lowest BCUT2D eigenvalue weighted by atomic mass is 10.0. The van der Waals surface area contributed by atoms with Crippen molar-refractivity contribution in [2.75, 3.05) is 0 Å². The number of benzene rings is 4. The van der Waals surface area contributed by atoms with Gasteiger partial charge in [0.2, 0.25) is 0 Å². The van der Waals surface area contributed by atoms with Gasteiger partial charge in [-0.05, 0) is 51.9 Å². The average molecular weight is 364 g/mol. The van der Waals surface area contributed by atoms with Gasteiger partial charge in [0, 0.05) is 0 Å². The largest absolute Gasteiger partial charge is 0.372 e. The summed E-state index contributed by atoms with van der Waals surface area (Å²) < 4.78 is 6.02. The highest BCUT2D eigenvalue weighted by Crippen LogP contribution is 2.23. The average Bonchev–Trinajstić information content (AvgIpc) is 2.77. The van der Waals surface area contributed by atoms with Crippen molar-refractivity contribution in [2.45, 2.75) is 20.1 Å². The molecule has 0 bridgehead atoms. The molecule has 0 fully saturated rings. The van der Waals surface area contributed by atoms with E-state index in [0.29, 0.717) is 13.2 Å². The first-order chi connectivity index (χ1) is 13.8. The van der Waals surface area contributed by atoms with Crippen LogP contribution in [-0.4, -0.2) is 0 Å². The van der Waals surface area contributed by atoms with E-state index in [4.69, 9.17) is 4.74 Å². The first-order valence-corrected chi connectivity index (χ1v) is 9.67. The molecule has 0 amide bonds. The topological polar surface area (TPSA) is 9.23 Å². The van der Waals surface area contributed by atoms with Crippen LogP contribution in [0.1, 0.15) is 16.7 Å². The van der Waals surface area contributed by atoms with E-state index >= 15 is 0 Å². The second-order valence-electron chi connectivity index (χ2n) is 7.06. The van der Waals surface area contributed by atoms with E-state index in [1.807, 2.05) is 12.1 Å². The minimum Gasteiger partial charge on any atom is -0.372 e. The summed E-state index contributed by atoms with van der Waals surface area (Å²) >= 11 is 0. The molecule has 0 aliphatic carbocycles. The molecule has 138 valence electrons. The molecule has 1 nitrogen and oxygen atoms in total. The van der Waals surface area contributed by atoms with Crippen LogP contribution in [0.25, 0.3) is 22.3 Å².